The lowest BCUT2D eigenvalue weighted by molar-refractivity contribution is 0.187. The second kappa shape index (κ2) is 8.61. The predicted molar refractivity (Wildman–Crippen MR) is 96.1 cm³/mol. The first-order valence-electron chi connectivity index (χ1n) is 9.63. The maximum Gasteiger partial charge on any atom is 0.317 e. The number of urea groups is 1. The number of aromatic nitrogens is 2. The lowest BCUT2D eigenvalue weighted by Gasteiger charge is -2.29. The van der Waals surface area contributed by atoms with Crippen molar-refractivity contribution in [3.63, 3.8) is 0 Å². The van der Waals surface area contributed by atoms with Crippen molar-refractivity contribution in [3.8, 4) is 0 Å². The van der Waals surface area contributed by atoms with Crippen LogP contribution in [0.4, 0.5) is 4.79 Å². The van der Waals surface area contributed by atoms with E-state index in [1.54, 1.807) is 0 Å². The van der Waals surface area contributed by atoms with Gasteiger partial charge < -0.3 is 15.3 Å². The Bertz CT molecular complexity index is 587. The molecule has 2 heterocycles. The first-order valence-corrected chi connectivity index (χ1v) is 9.63. The number of aliphatic hydroxyl groups excluding tert-OH is 1. The van der Waals surface area contributed by atoms with E-state index in [4.69, 9.17) is 0 Å². The van der Waals surface area contributed by atoms with E-state index in [1.807, 2.05) is 18.0 Å². The zero-order chi connectivity index (χ0) is 17.6. The maximum absolute atomic E-state index is 12.5. The molecule has 0 bridgehead atoms. The minimum Gasteiger partial charge on any atom is -0.396 e. The van der Waals surface area contributed by atoms with Crippen molar-refractivity contribution >= 4 is 6.03 Å². The number of nitrogens with one attached hydrogen (secondary N) is 1. The second-order valence-corrected chi connectivity index (χ2v) is 7.61. The summed E-state index contributed by atoms with van der Waals surface area (Å²) in [4.78, 5) is 23.4. The van der Waals surface area contributed by atoms with Crippen LogP contribution in [0.1, 0.15) is 56.1 Å². The first-order chi connectivity index (χ1) is 12.2. The van der Waals surface area contributed by atoms with E-state index in [2.05, 4.69) is 15.3 Å². The van der Waals surface area contributed by atoms with Crippen LogP contribution in [-0.2, 0) is 19.4 Å². The Hall–Kier alpha value is -1.69. The molecule has 0 aromatic carbocycles. The summed E-state index contributed by atoms with van der Waals surface area (Å²) < 4.78 is 0. The Morgan fingerprint density at radius 2 is 2.20 bits per heavy atom. The Kier molecular flexibility index (Phi) is 6.24. The summed E-state index contributed by atoms with van der Waals surface area (Å²) in [5, 5.41) is 12.3. The Balaban J connectivity index is 1.55. The largest absolute Gasteiger partial charge is 0.396 e. The molecule has 1 aliphatic heterocycles. The van der Waals surface area contributed by atoms with E-state index in [0.29, 0.717) is 18.9 Å². The highest BCUT2D eigenvalue weighted by Crippen LogP contribution is 2.23. The molecule has 3 rings (SSSR count). The van der Waals surface area contributed by atoms with Crippen molar-refractivity contribution in [2.24, 2.45) is 11.8 Å². The molecule has 25 heavy (non-hydrogen) atoms. The molecule has 1 aliphatic carbocycles. The number of hydrogen-bond donors (Lipinski definition) is 2. The van der Waals surface area contributed by atoms with Gasteiger partial charge in [-0.25, -0.2) is 14.8 Å². The van der Waals surface area contributed by atoms with E-state index in [1.165, 1.54) is 32.1 Å². The van der Waals surface area contributed by atoms with Crippen molar-refractivity contribution in [1.82, 2.24) is 20.2 Å². The van der Waals surface area contributed by atoms with Gasteiger partial charge in [0.2, 0.25) is 0 Å². The third-order valence-corrected chi connectivity index (χ3v) is 5.39. The molecular weight excluding hydrogens is 316 g/mol. The Morgan fingerprint density at radius 1 is 1.40 bits per heavy atom. The summed E-state index contributed by atoms with van der Waals surface area (Å²) >= 11 is 0. The van der Waals surface area contributed by atoms with E-state index < -0.39 is 0 Å². The van der Waals surface area contributed by atoms with Crippen LogP contribution in [0.15, 0.2) is 6.20 Å². The Morgan fingerprint density at radius 3 is 2.96 bits per heavy atom. The van der Waals surface area contributed by atoms with Gasteiger partial charge in [-0.15, -0.1) is 0 Å². The third kappa shape index (κ3) is 4.91. The van der Waals surface area contributed by atoms with Gasteiger partial charge in [0.15, 0.2) is 0 Å². The molecule has 1 aromatic rings. The molecule has 0 saturated heterocycles. The number of amides is 2. The predicted octanol–water partition coefficient (Wildman–Crippen LogP) is 2.30. The lowest BCUT2D eigenvalue weighted by atomic mass is 9.89. The maximum atomic E-state index is 12.5. The van der Waals surface area contributed by atoms with Crippen LogP contribution in [0.25, 0.3) is 0 Å². The van der Waals surface area contributed by atoms with Gasteiger partial charge in [-0.1, -0.05) is 26.2 Å². The van der Waals surface area contributed by atoms with Gasteiger partial charge in [0.05, 0.1) is 12.2 Å². The number of nitrogens with zero attached hydrogens (tertiary/aromatic N) is 3. The molecule has 1 atom stereocenters. The highest BCUT2D eigenvalue weighted by Gasteiger charge is 2.23. The normalized spacial score (nSPS) is 19.4. The van der Waals surface area contributed by atoms with Gasteiger partial charge >= 0.3 is 6.03 Å². The molecule has 1 saturated carbocycles. The van der Waals surface area contributed by atoms with Crippen molar-refractivity contribution < 1.29 is 9.90 Å². The zero-order valence-electron chi connectivity index (χ0n) is 15.2. The van der Waals surface area contributed by atoms with Crippen LogP contribution in [0.5, 0.6) is 0 Å². The van der Waals surface area contributed by atoms with Gasteiger partial charge in [0.25, 0.3) is 0 Å². The minimum atomic E-state index is 0.0279. The number of carbonyl (C=O) groups is 1. The second-order valence-electron chi connectivity index (χ2n) is 7.61. The molecule has 1 fully saturated rings. The minimum absolute atomic E-state index is 0.0279. The summed E-state index contributed by atoms with van der Waals surface area (Å²) in [6.45, 7) is 4.18. The number of fused-ring (bicyclic) bond motifs is 1. The molecule has 0 radical (unpaired) electrons. The van der Waals surface area contributed by atoms with E-state index in [9.17, 15) is 9.90 Å². The van der Waals surface area contributed by atoms with Crippen molar-refractivity contribution in [3.05, 3.63) is 23.3 Å². The van der Waals surface area contributed by atoms with Crippen molar-refractivity contribution in [2.45, 2.75) is 58.4 Å². The highest BCUT2D eigenvalue weighted by molar-refractivity contribution is 5.74. The molecule has 6 heteroatoms. The summed E-state index contributed by atoms with van der Waals surface area (Å²) in [6.07, 6.45) is 9.77. The monoisotopic (exact) mass is 346 g/mol. The van der Waals surface area contributed by atoms with Gasteiger partial charge in [0.1, 0.15) is 5.82 Å². The van der Waals surface area contributed by atoms with E-state index in [0.717, 1.165) is 36.6 Å². The number of hydrogen-bond acceptors (Lipinski definition) is 4. The fourth-order valence-corrected chi connectivity index (χ4v) is 3.73. The zero-order valence-corrected chi connectivity index (χ0v) is 15.2. The SMILES string of the molecule is C[C@@H](CO)Cc1ncc2c(n1)CN(C(=O)NCC1CCCCC1)CC2. The highest BCUT2D eigenvalue weighted by atomic mass is 16.3. The van der Waals surface area contributed by atoms with E-state index >= 15 is 0 Å². The van der Waals surface area contributed by atoms with Crippen LogP contribution in [-0.4, -0.2) is 45.7 Å². The molecule has 2 N–H and O–H groups in total. The molecule has 1 aromatic heterocycles. The standard InChI is InChI=1S/C19H30N4O2/c1-14(13-24)9-18-20-11-16-7-8-23(12-17(16)22-18)19(25)21-10-15-5-3-2-4-6-15/h11,14-15,24H,2-10,12-13H2,1H3,(H,21,25)/t14-/m1/s1. The smallest absolute Gasteiger partial charge is 0.317 e. The molecule has 2 aliphatic rings. The lowest BCUT2D eigenvalue weighted by Crippen LogP contribution is -2.44. The molecular formula is C19H30N4O2. The van der Waals surface area contributed by atoms with Gasteiger partial charge in [-0.05, 0) is 36.7 Å². The summed E-state index contributed by atoms with van der Waals surface area (Å²) in [6, 6.07) is 0.0279. The summed E-state index contributed by atoms with van der Waals surface area (Å²) in [5.74, 6) is 1.55. The van der Waals surface area contributed by atoms with Crippen molar-refractivity contribution in [2.75, 3.05) is 19.7 Å². The molecule has 2 amide bonds. The number of carbonyl (C=O) groups excluding carboxylic acids is 1. The molecule has 6 nitrogen and oxygen atoms in total. The van der Waals surface area contributed by atoms with Crippen LogP contribution < -0.4 is 5.32 Å². The van der Waals surface area contributed by atoms with E-state index in [-0.39, 0.29) is 18.6 Å². The Labute approximate surface area is 150 Å². The summed E-state index contributed by atoms with van der Waals surface area (Å²) in [7, 11) is 0. The fraction of sp³-hybridized carbons (Fsp3) is 0.737. The quantitative estimate of drug-likeness (QED) is 0.857. The van der Waals surface area contributed by atoms with Gasteiger partial charge in [0, 0.05) is 32.3 Å². The molecule has 0 unspecified atom stereocenters. The van der Waals surface area contributed by atoms with Crippen molar-refractivity contribution in [1.29, 1.82) is 0 Å². The van der Waals surface area contributed by atoms with Crippen LogP contribution >= 0.6 is 0 Å². The topological polar surface area (TPSA) is 78.4 Å². The average molecular weight is 346 g/mol. The van der Waals surface area contributed by atoms with Gasteiger partial charge in [-0.3, -0.25) is 0 Å². The van der Waals surface area contributed by atoms with Crippen LogP contribution in [0.2, 0.25) is 0 Å². The number of rotatable bonds is 5. The fourth-order valence-electron chi connectivity index (χ4n) is 3.73. The molecule has 0 spiro atoms. The first kappa shape index (κ1) is 18.1. The summed E-state index contributed by atoms with van der Waals surface area (Å²) in [5.41, 5.74) is 2.09. The number of aliphatic hydroxyl groups is 1. The molecule has 138 valence electrons. The van der Waals surface area contributed by atoms with Gasteiger partial charge in [-0.2, -0.15) is 0 Å². The third-order valence-electron chi connectivity index (χ3n) is 5.39. The van der Waals surface area contributed by atoms with Crippen LogP contribution in [0, 0.1) is 11.8 Å². The average Bonchev–Trinajstić information content (AvgIpc) is 2.66. The van der Waals surface area contributed by atoms with Crippen LogP contribution in [0.3, 0.4) is 0 Å².